The molecule has 0 amide bonds. The van der Waals surface area contributed by atoms with E-state index in [-0.39, 0.29) is 11.9 Å². The van der Waals surface area contributed by atoms with Crippen LogP contribution in [0.25, 0.3) is 11.3 Å². The van der Waals surface area contributed by atoms with Gasteiger partial charge in [-0.25, -0.2) is 4.39 Å². The van der Waals surface area contributed by atoms with Crippen LogP contribution in [0.3, 0.4) is 0 Å². The summed E-state index contributed by atoms with van der Waals surface area (Å²) in [4.78, 5) is 4.38. The van der Waals surface area contributed by atoms with Crippen LogP contribution in [-0.4, -0.2) is 24.6 Å². The molecule has 1 aromatic heterocycles. The fourth-order valence-corrected chi connectivity index (χ4v) is 2.45. The minimum Gasteiger partial charge on any atom is -0.314 e. The van der Waals surface area contributed by atoms with Crippen LogP contribution in [0.5, 0.6) is 0 Å². The van der Waals surface area contributed by atoms with Gasteiger partial charge in [-0.15, -0.1) is 0 Å². The van der Waals surface area contributed by atoms with Crippen molar-refractivity contribution in [3.63, 3.8) is 0 Å². The second-order valence-electron chi connectivity index (χ2n) is 4.63. The molecule has 0 radical (unpaired) electrons. The highest BCUT2D eigenvalue weighted by Gasteiger charge is 2.20. The van der Waals surface area contributed by atoms with E-state index in [0.717, 1.165) is 30.9 Å². The first-order chi connectivity index (χ1) is 9.36. The maximum atomic E-state index is 13.9. The largest absolute Gasteiger partial charge is 0.314 e. The quantitative estimate of drug-likeness (QED) is 0.865. The summed E-state index contributed by atoms with van der Waals surface area (Å²) in [5.41, 5.74) is 2.33. The van der Waals surface area contributed by atoms with E-state index in [1.165, 1.54) is 6.07 Å². The van der Waals surface area contributed by atoms with Crippen molar-refractivity contribution in [3.8, 4) is 11.3 Å². The molecule has 0 spiro atoms. The summed E-state index contributed by atoms with van der Waals surface area (Å²) in [7, 11) is 0. The molecule has 2 heterocycles. The molecule has 1 aliphatic heterocycles. The van der Waals surface area contributed by atoms with E-state index >= 15 is 0 Å². The molecule has 1 unspecified atom stereocenters. The lowest BCUT2D eigenvalue weighted by Gasteiger charge is -2.26. The molecule has 1 aliphatic rings. The van der Waals surface area contributed by atoms with E-state index in [2.05, 4.69) is 15.6 Å². The predicted molar refractivity (Wildman–Crippen MR) is 73.2 cm³/mol. The van der Waals surface area contributed by atoms with Crippen molar-refractivity contribution in [2.75, 3.05) is 19.6 Å². The van der Waals surface area contributed by atoms with Crippen molar-refractivity contribution in [1.82, 2.24) is 15.6 Å². The SMILES string of the molecule is Fc1ccccc1-c1ncccc1C1CNCCN1. The number of aromatic nitrogens is 1. The standard InChI is InChI=1S/C15H16FN3/c16-13-6-2-1-4-11(13)15-12(5-3-7-19-15)14-10-17-8-9-18-14/h1-7,14,17-18H,8-10H2. The number of hydrogen-bond donors (Lipinski definition) is 2. The second kappa shape index (κ2) is 5.47. The molecular weight excluding hydrogens is 241 g/mol. The fraction of sp³-hybridized carbons (Fsp3) is 0.267. The van der Waals surface area contributed by atoms with Gasteiger partial charge in [-0.1, -0.05) is 18.2 Å². The van der Waals surface area contributed by atoms with Crippen LogP contribution in [0.4, 0.5) is 4.39 Å². The summed E-state index contributed by atoms with van der Waals surface area (Å²) in [6, 6.07) is 10.9. The Kier molecular flexibility index (Phi) is 3.53. The molecule has 19 heavy (non-hydrogen) atoms. The fourth-order valence-electron chi connectivity index (χ4n) is 2.45. The van der Waals surface area contributed by atoms with Crippen molar-refractivity contribution >= 4 is 0 Å². The average Bonchev–Trinajstić information content (AvgIpc) is 2.49. The summed E-state index contributed by atoms with van der Waals surface area (Å²) in [5, 5.41) is 6.78. The zero-order valence-corrected chi connectivity index (χ0v) is 10.6. The number of nitrogens with zero attached hydrogens (tertiary/aromatic N) is 1. The van der Waals surface area contributed by atoms with Gasteiger partial charge in [0.25, 0.3) is 0 Å². The Balaban J connectivity index is 2.04. The topological polar surface area (TPSA) is 37.0 Å². The van der Waals surface area contributed by atoms with Crippen molar-refractivity contribution in [2.45, 2.75) is 6.04 Å². The lowest BCUT2D eigenvalue weighted by atomic mass is 9.98. The zero-order chi connectivity index (χ0) is 13.1. The van der Waals surface area contributed by atoms with E-state index in [1.54, 1.807) is 18.3 Å². The Morgan fingerprint density at radius 3 is 2.79 bits per heavy atom. The van der Waals surface area contributed by atoms with Gasteiger partial charge in [-0.05, 0) is 23.8 Å². The first kappa shape index (κ1) is 12.3. The Hall–Kier alpha value is -1.78. The Labute approximate surface area is 111 Å². The number of pyridine rings is 1. The van der Waals surface area contributed by atoms with Crippen LogP contribution in [0.15, 0.2) is 42.6 Å². The third kappa shape index (κ3) is 2.50. The number of hydrogen-bond acceptors (Lipinski definition) is 3. The minimum atomic E-state index is -0.230. The number of nitrogens with one attached hydrogen (secondary N) is 2. The van der Waals surface area contributed by atoms with Crippen LogP contribution in [0.1, 0.15) is 11.6 Å². The number of benzene rings is 1. The molecule has 0 bridgehead atoms. The molecule has 3 nitrogen and oxygen atoms in total. The molecule has 1 fully saturated rings. The molecule has 3 rings (SSSR count). The first-order valence-corrected chi connectivity index (χ1v) is 6.50. The molecule has 2 N–H and O–H groups in total. The van der Waals surface area contributed by atoms with Gasteiger partial charge in [0.05, 0.1) is 5.69 Å². The first-order valence-electron chi connectivity index (χ1n) is 6.50. The third-order valence-electron chi connectivity index (χ3n) is 3.38. The van der Waals surface area contributed by atoms with Crippen molar-refractivity contribution < 1.29 is 4.39 Å². The minimum absolute atomic E-state index is 0.178. The summed E-state index contributed by atoms with van der Waals surface area (Å²) in [6.45, 7) is 2.72. The molecule has 2 aromatic rings. The molecule has 0 aliphatic carbocycles. The lowest BCUT2D eigenvalue weighted by Crippen LogP contribution is -2.42. The predicted octanol–water partition coefficient (Wildman–Crippen LogP) is 2.12. The summed E-state index contributed by atoms with van der Waals surface area (Å²) in [6.07, 6.45) is 1.71. The third-order valence-corrected chi connectivity index (χ3v) is 3.38. The van der Waals surface area contributed by atoms with E-state index < -0.39 is 0 Å². The number of piperazine rings is 1. The van der Waals surface area contributed by atoms with Gasteiger partial charge in [0.2, 0.25) is 0 Å². The maximum absolute atomic E-state index is 13.9. The highest BCUT2D eigenvalue weighted by Crippen LogP contribution is 2.28. The van der Waals surface area contributed by atoms with Crippen LogP contribution in [0, 0.1) is 5.82 Å². The highest BCUT2D eigenvalue weighted by molar-refractivity contribution is 5.64. The normalized spacial score (nSPS) is 19.3. The smallest absolute Gasteiger partial charge is 0.132 e. The van der Waals surface area contributed by atoms with E-state index in [9.17, 15) is 4.39 Å². The maximum Gasteiger partial charge on any atom is 0.132 e. The Morgan fingerprint density at radius 1 is 1.11 bits per heavy atom. The van der Waals surface area contributed by atoms with Crippen molar-refractivity contribution in [3.05, 3.63) is 54.0 Å². The van der Waals surface area contributed by atoms with E-state index in [4.69, 9.17) is 0 Å². The molecule has 4 heteroatoms. The highest BCUT2D eigenvalue weighted by atomic mass is 19.1. The van der Waals surface area contributed by atoms with Gasteiger partial charge in [-0.3, -0.25) is 4.98 Å². The molecule has 1 atom stereocenters. The molecular formula is C15H16FN3. The molecule has 1 saturated heterocycles. The summed E-state index contributed by atoms with van der Waals surface area (Å²) in [5.74, 6) is -0.230. The number of rotatable bonds is 2. The van der Waals surface area contributed by atoms with Crippen LogP contribution < -0.4 is 10.6 Å². The van der Waals surface area contributed by atoms with Crippen molar-refractivity contribution in [2.24, 2.45) is 0 Å². The van der Waals surface area contributed by atoms with Gasteiger partial charge < -0.3 is 10.6 Å². The van der Waals surface area contributed by atoms with E-state index in [0.29, 0.717) is 5.56 Å². The Morgan fingerprint density at radius 2 is 2.00 bits per heavy atom. The summed E-state index contributed by atoms with van der Waals surface area (Å²) >= 11 is 0. The second-order valence-corrected chi connectivity index (χ2v) is 4.63. The lowest BCUT2D eigenvalue weighted by molar-refractivity contribution is 0.430. The zero-order valence-electron chi connectivity index (χ0n) is 10.6. The van der Waals surface area contributed by atoms with Crippen molar-refractivity contribution in [1.29, 1.82) is 0 Å². The van der Waals surface area contributed by atoms with Gasteiger partial charge in [0.1, 0.15) is 5.82 Å². The Bertz CT molecular complexity index is 565. The van der Waals surface area contributed by atoms with Gasteiger partial charge in [0.15, 0.2) is 0 Å². The van der Waals surface area contributed by atoms with Crippen LogP contribution in [-0.2, 0) is 0 Å². The average molecular weight is 257 g/mol. The van der Waals surface area contributed by atoms with Gasteiger partial charge in [-0.2, -0.15) is 0 Å². The van der Waals surface area contributed by atoms with E-state index in [1.807, 2.05) is 18.2 Å². The van der Waals surface area contributed by atoms with Crippen LogP contribution in [0.2, 0.25) is 0 Å². The monoisotopic (exact) mass is 257 g/mol. The number of halogens is 1. The molecule has 98 valence electrons. The van der Waals surface area contributed by atoms with Gasteiger partial charge in [0, 0.05) is 37.4 Å². The summed E-state index contributed by atoms with van der Waals surface area (Å²) < 4.78 is 13.9. The van der Waals surface area contributed by atoms with Crippen LogP contribution >= 0.6 is 0 Å². The molecule has 0 saturated carbocycles. The van der Waals surface area contributed by atoms with Gasteiger partial charge >= 0.3 is 0 Å². The molecule has 1 aromatic carbocycles.